The fourth-order valence-corrected chi connectivity index (χ4v) is 2.97. The number of hydrogen-bond acceptors (Lipinski definition) is 2. The van der Waals surface area contributed by atoms with Crippen LogP contribution >= 0.6 is 0 Å². The Balaban J connectivity index is 2.25. The molecule has 0 saturated carbocycles. The highest BCUT2D eigenvalue weighted by molar-refractivity contribution is 5.97. The zero-order chi connectivity index (χ0) is 14.6. The summed E-state index contributed by atoms with van der Waals surface area (Å²) in [6, 6.07) is 6.18. The summed E-state index contributed by atoms with van der Waals surface area (Å²) < 4.78 is 13.0. The number of carbonyl (C=O) groups is 1. The number of benzene rings is 1. The summed E-state index contributed by atoms with van der Waals surface area (Å²) in [7, 11) is 0. The maximum Gasteiger partial charge on any atom is 0.233 e. The Morgan fingerprint density at radius 1 is 1.25 bits per heavy atom. The van der Waals surface area contributed by atoms with Crippen LogP contribution in [0.1, 0.15) is 33.1 Å². The van der Waals surface area contributed by atoms with Crippen LogP contribution < -0.4 is 10.2 Å². The molecule has 0 aliphatic carbocycles. The number of hydrogen-bond donors (Lipinski definition) is 1. The van der Waals surface area contributed by atoms with Gasteiger partial charge in [-0.2, -0.15) is 0 Å². The average molecular weight is 278 g/mol. The van der Waals surface area contributed by atoms with E-state index in [0.29, 0.717) is 6.54 Å². The van der Waals surface area contributed by atoms with Gasteiger partial charge < -0.3 is 10.2 Å². The van der Waals surface area contributed by atoms with Crippen molar-refractivity contribution in [2.75, 3.05) is 24.5 Å². The van der Waals surface area contributed by atoms with E-state index in [9.17, 15) is 9.18 Å². The Hall–Kier alpha value is -1.42. The fraction of sp³-hybridized carbons (Fsp3) is 0.562. The minimum absolute atomic E-state index is 0.176. The zero-order valence-electron chi connectivity index (χ0n) is 12.3. The third kappa shape index (κ3) is 2.85. The van der Waals surface area contributed by atoms with Crippen molar-refractivity contribution in [1.29, 1.82) is 0 Å². The highest BCUT2D eigenvalue weighted by Crippen LogP contribution is 2.36. The monoisotopic (exact) mass is 278 g/mol. The molecule has 1 fully saturated rings. The second-order valence-electron chi connectivity index (χ2n) is 5.41. The van der Waals surface area contributed by atoms with Gasteiger partial charge in [0.15, 0.2) is 0 Å². The summed E-state index contributed by atoms with van der Waals surface area (Å²) in [6.07, 6.45) is 2.60. The molecule has 1 aromatic carbocycles. The van der Waals surface area contributed by atoms with Crippen molar-refractivity contribution in [1.82, 2.24) is 5.32 Å². The van der Waals surface area contributed by atoms with Gasteiger partial charge in [0.05, 0.1) is 5.41 Å². The van der Waals surface area contributed by atoms with E-state index in [4.69, 9.17) is 0 Å². The van der Waals surface area contributed by atoms with E-state index in [1.165, 1.54) is 12.1 Å². The van der Waals surface area contributed by atoms with Crippen LogP contribution in [0.2, 0.25) is 0 Å². The smallest absolute Gasteiger partial charge is 0.233 e. The van der Waals surface area contributed by atoms with Gasteiger partial charge in [-0.25, -0.2) is 4.39 Å². The van der Waals surface area contributed by atoms with Crippen LogP contribution in [0, 0.1) is 11.2 Å². The number of rotatable bonds is 4. The zero-order valence-corrected chi connectivity index (χ0v) is 12.3. The van der Waals surface area contributed by atoms with Gasteiger partial charge in [-0.1, -0.05) is 6.92 Å². The molecule has 1 heterocycles. The van der Waals surface area contributed by atoms with Crippen molar-refractivity contribution in [3.63, 3.8) is 0 Å². The number of carbonyl (C=O) groups excluding carboxylic acids is 1. The number of nitrogens with zero attached hydrogens (tertiary/aromatic N) is 1. The standard InChI is InChI=1S/C16H23FN2O/c1-3-16(9-11-18-12-10-16)15(20)19(4-2)14-7-5-13(17)6-8-14/h5-8,18H,3-4,9-12H2,1-2H3. The first-order valence-electron chi connectivity index (χ1n) is 7.41. The van der Waals surface area contributed by atoms with Crippen LogP contribution in [0.15, 0.2) is 24.3 Å². The van der Waals surface area contributed by atoms with Crippen LogP contribution in [0.5, 0.6) is 0 Å². The van der Waals surface area contributed by atoms with Gasteiger partial charge in [0.1, 0.15) is 5.82 Å². The summed E-state index contributed by atoms with van der Waals surface area (Å²) in [5.41, 5.74) is 0.514. The van der Waals surface area contributed by atoms with E-state index in [1.54, 1.807) is 17.0 Å². The van der Waals surface area contributed by atoms with Gasteiger partial charge in [-0.15, -0.1) is 0 Å². The Bertz CT molecular complexity index is 452. The van der Waals surface area contributed by atoms with E-state index in [0.717, 1.165) is 38.0 Å². The molecule has 1 amide bonds. The van der Waals surface area contributed by atoms with Gasteiger partial charge in [-0.05, 0) is 63.5 Å². The molecule has 1 saturated heterocycles. The van der Waals surface area contributed by atoms with Crippen molar-refractivity contribution in [2.24, 2.45) is 5.41 Å². The van der Waals surface area contributed by atoms with Crippen molar-refractivity contribution >= 4 is 11.6 Å². The van der Waals surface area contributed by atoms with Gasteiger partial charge in [0.25, 0.3) is 0 Å². The van der Waals surface area contributed by atoms with Crippen LogP contribution in [0.4, 0.5) is 10.1 Å². The number of halogens is 1. The number of amides is 1. The lowest BCUT2D eigenvalue weighted by molar-refractivity contribution is -0.130. The average Bonchev–Trinajstić information content (AvgIpc) is 2.50. The van der Waals surface area contributed by atoms with E-state index in [-0.39, 0.29) is 17.1 Å². The summed E-state index contributed by atoms with van der Waals surface area (Å²) in [4.78, 5) is 14.8. The molecule has 1 aliphatic rings. The molecule has 0 bridgehead atoms. The molecule has 2 rings (SSSR count). The molecular formula is C16H23FN2O. The minimum atomic E-state index is -0.274. The molecule has 1 aliphatic heterocycles. The molecule has 0 spiro atoms. The molecule has 0 unspecified atom stereocenters. The maximum atomic E-state index is 13.0. The van der Waals surface area contributed by atoms with Crippen LogP contribution in [0.3, 0.4) is 0 Å². The van der Waals surface area contributed by atoms with Crippen molar-refractivity contribution in [3.8, 4) is 0 Å². The molecule has 110 valence electrons. The Morgan fingerprint density at radius 3 is 2.35 bits per heavy atom. The number of anilines is 1. The Labute approximate surface area is 120 Å². The van der Waals surface area contributed by atoms with E-state index < -0.39 is 0 Å². The molecular weight excluding hydrogens is 255 g/mol. The maximum absolute atomic E-state index is 13.0. The largest absolute Gasteiger partial charge is 0.317 e. The topological polar surface area (TPSA) is 32.3 Å². The van der Waals surface area contributed by atoms with E-state index in [1.807, 2.05) is 6.92 Å². The van der Waals surface area contributed by atoms with Crippen molar-refractivity contribution in [2.45, 2.75) is 33.1 Å². The number of piperidine rings is 1. The lowest BCUT2D eigenvalue weighted by Gasteiger charge is -2.39. The molecule has 20 heavy (non-hydrogen) atoms. The minimum Gasteiger partial charge on any atom is -0.317 e. The van der Waals surface area contributed by atoms with Crippen molar-refractivity contribution < 1.29 is 9.18 Å². The third-order valence-corrected chi connectivity index (χ3v) is 4.39. The van der Waals surface area contributed by atoms with E-state index >= 15 is 0 Å². The lowest BCUT2D eigenvalue weighted by Crippen LogP contribution is -2.49. The lowest BCUT2D eigenvalue weighted by atomic mass is 9.75. The molecule has 3 nitrogen and oxygen atoms in total. The molecule has 0 aromatic heterocycles. The van der Waals surface area contributed by atoms with Crippen LogP contribution in [-0.4, -0.2) is 25.5 Å². The second-order valence-corrected chi connectivity index (χ2v) is 5.41. The molecule has 1 N–H and O–H groups in total. The van der Waals surface area contributed by atoms with Gasteiger partial charge in [-0.3, -0.25) is 4.79 Å². The van der Waals surface area contributed by atoms with Gasteiger partial charge in [0.2, 0.25) is 5.91 Å². The normalized spacial score (nSPS) is 17.8. The molecule has 0 radical (unpaired) electrons. The quantitative estimate of drug-likeness (QED) is 0.918. The number of nitrogens with one attached hydrogen (secondary N) is 1. The first kappa shape index (κ1) is 15.0. The Kier molecular flexibility index (Phi) is 4.76. The highest BCUT2D eigenvalue weighted by Gasteiger charge is 2.40. The summed E-state index contributed by atoms with van der Waals surface area (Å²) in [6.45, 7) is 6.44. The molecule has 1 aromatic rings. The predicted molar refractivity (Wildman–Crippen MR) is 79.3 cm³/mol. The van der Waals surface area contributed by atoms with Crippen LogP contribution in [0.25, 0.3) is 0 Å². The first-order chi connectivity index (χ1) is 9.63. The molecule has 0 atom stereocenters. The summed E-state index contributed by atoms with van der Waals surface area (Å²) in [5, 5.41) is 3.31. The van der Waals surface area contributed by atoms with Gasteiger partial charge in [0, 0.05) is 12.2 Å². The second kappa shape index (κ2) is 6.35. The Morgan fingerprint density at radius 2 is 1.85 bits per heavy atom. The van der Waals surface area contributed by atoms with Crippen molar-refractivity contribution in [3.05, 3.63) is 30.1 Å². The summed E-state index contributed by atoms with van der Waals surface area (Å²) in [5.74, 6) is -0.0973. The highest BCUT2D eigenvalue weighted by atomic mass is 19.1. The van der Waals surface area contributed by atoms with Gasteiger partial charge >= 0.3 is 0 Å². The fourth-order valence-electron chi connectivity index (χ4n) is 2.97. The van der Waals surface area contributed by atoms with E-state index in [2.05, 4.69) is 12.2 Å². The summed E-state index contributed by atoms with van der Waals surface area (Å²) >= 11 is 0. The third-order valence-electron chi connectivity index (χ3n) is 4.39. The predicted octanol–water partition coefficient (Wildman–Crippen LogP) is 2.96. The molecule has 4 heteroatoms. The van der Waals surface area contributed by atoms with Crippen LogP contribution in [-0.2, 0) is 4.79 Å². The SMILES string of the molecule is CCN(C(=O)C1(CC)CCNCC1)c1ccc(F)cc1. The first-order valence-corrected chi connectivity index (χ1v) is 7.41.